The van der Waals surface area contributed by atoms with Crippen LogP contribution in [0, 0.1) is 0 Å². The van der Waals surface area contributed by atoms with Crippen molar-refractivity contribution in [3.05, 3.63) is 0 Å². The minimum Gasteiger partial charge on any atom is -0.381 e. The van der Waals surface area contributed by atoms with Gasteiger partial charge in [0.05, 0.1) is 4.32 Å². The fourth-order valence-corrected chi connectivity index (χ4v) is 0.510. The molecule has 0 aromatic carbocycles. The second-order valence-corrected chi connectivity index (χ2v) is 5.77. The summed E-state index contributed by atoms with van der Waals surface area (Å²) in [6.45, 7) is 5.56. The molecule has 2 nitrogen and oxygen atoms in total. The Morgan fingerprint density at radius 3 is 1.75 bits per heavy atom. The van der Waals surface area contributed by atoms with E-state index in [2.05, 4.69) is 31.9 Å². The lowest BCUT2D eigenvalue weighted by Crippen LogP contribution is -2.17. The second-order valence-electron chi connectivity index (χ2n) is 3.07. The van der Waals surface area contributed by atoms with Crippen LogP contribution in [0.5, 0.6) is 0 Å². The van der Waals surface area contributed by atoms with Crippen LogP contribution >= 0.6 is 31.9 Å². The van der Waals surface area contributed by atoms with Crippen LogP contribution in [0.15, 0.2) is 0 Å². The van der Waals surface area contributed by atoms with Gasteiger partial charge >= 0.3 is 0 Å². The summed E-state index contributed by atoms with van der Waals surface area (Å²) in [4.78, 5) is 10.3. The van der Waals surface area contributed by atoms with Crippen LogP contribution in [0.25, 0.3) is 0 Å². The first-order chi connectivity index (χ1) is 5.44. The number of ether oxygens (including phenoxy) is 1. The molecule has 72 valence electrons. The third kappa shape index (κ3) is 7.25. The number of hydrogen-bond donors (Lipinski definition) is 0. The Morgan fingerprint density at radius 2 is 1.67 bits per heavy atom. The molecule has 1 rings (SSSR count). The molecule has 0 aliphatic carbocycles. The maximum absolute atomic E-state index is 10.3. The molecule has 0 spiro atoms. The van der Waals surface area contributed by atoms with Crippen molar-refractivity contribution in [2.24, 2.45) is 0 Å². The third-order valence-electron chi connectivity index (χ3n) is 1.29. The highest BCUT2D eigenvalue weighted by Gasteiger charge is 2.19. The van der Waals surface area contributed by atoms with Gasteiger partial charge in [0.15, 0.2) is 0 Å². The number of carbonyl (C=O) groups excluding carboxylic acids is 1. The van der Waals surface area contributed by atoms with Gasteiger partial charge in [-0.05, 0) is 42.6 Å². The minimum atomic E-state index is -0.410. The summed E-state index contributed by atoms with van der Waals surface area (Å²) < 4.78 is 4.51. The lowest BCUT2D eigenvalue weighted by Gasteiger charge is -2.06. The van der Waals surface area contributed by atoms with Crippen molar-refractivity contribution in [1.29, 1.82) is 0 Å². The van der Waals surface area contributed by atoms with E-state index < -0.39 is 4.32 Å². The van der Waals surface area contributed by atoms with Crippen molar-refractivity contribution in [3.63, 3.8) is 0 Å². The molecule has 4 heteroatoms. The van der Waals surface area contributed by atoms with Gasteiger partial charge in [-0.25, -0.2) is 0 Å². The maximum atomic E-state index is 10.3. The van der Waals surface area contributed by atoms with Gasteiger partial charge in [0.25, 0.3) is 0 Å². The maximum Gasteiger partial charge on any atom is 0.213 e. The first-order valence-corrected chi connectivity index (χ1v) is 5.50. The van der Waals surface area contributed by atoms with Crippen molar-refractivity contribution in [2.45, 2.75) is 31.0 Å². The largest absolute Gasteiger partial charge is 0.381 e. The molecule has 1 saturated heterocycles. The van der Waals surface area contributed by atoms with Gasteiger partial charge in [0.1, 0.15) is 0 Å². The van der Waals surface area contributed by atoms with Gasteiger partial charge < -0.3 is 4.74 Å². The average Bonchev–Trinajstić information content (AvgIpc) is 2.39. The lowest BCUT2D eigenvalue weighted by atomic mass is 10.3. The predicted molar refractivity (Wildman–Crippen MR) is 57.0 cm³/mol. The molecule has 0 unspecified atom stereocenters. The van der Waals surface area contributed by atoms with Crippen LogP contribution in [0.1, 0.15) is 26.7 Å². The fourth-order valence-electron chi connectivity index (χ4n) is 0.510. The van der Waals surface area contributed by atoms with Gasteiger partial charge in [0.2, 0.25) is 4.69 Å². The number of alkyl halides is 1. The topological polar surface area (TPSA) is 26.3 Å². The summed E-state index contributed by atoms with van der Waals surface area (Å²) in [7, 11) is 0. The highest BCUT2D eigenvalue weighted by atomic mass is 79.9. The molecule has 1 heterocycles. The molecule has 0 amide bonds. The van der Waals surface area contributed by atoms with Crippen molar-refractivity contribution in [3.8, 4) is 0 Å². The van der Waals surface area contributed by atoms with E-state index in [1.54, 1.807) is 13.8 Å². The third-order valence-corrected chi connectivity index (χ3v) is 3.18. The summed E-state index contributed by atoms with van der Waals surface area (Å²) in [5, 5.41) is 0. The summed E-state index contributed by atoms with van der Waals surface area (Å²) in [5.41, 5.74) is 0. The molecular weight excluding hydrogens is 288 g/mol. The zero-order valence-corrected chi connectivity index (χ0v) is 10.6. The van der Waals surface area contributed by atoms with E-state index in [1.165, 1.54) is 12.8 Å². The van der Waals surface area contributed by atoms with Crippen LogP contribution in [-0.2, 0) is 9.53 Å². The van der Waals surface area contributed by atoms with E-state index in [0.717, 1.165) is 13.2 Å². The Morgan fingerprint density at radius 1 is 1.33 bits per heavy atom. The summed E-state index contributed by atoms with van der Waals surface area (Å²) in [5.74, 6) is 0. The molecule has 12 heavy (non-hydrogen) atoms. The van der Waals surface area contributed by atoms with Crippen molar-refractivity contribution in [2.75, 3.05) is 13.2 Å². The monoisotopic (exact) mass is 300 g/mol. The zero-order chi connectivity index (χ0) is 9.61. The Hall–Kier alpha value is 0.590. The number of halogens is 2. The van der Waals surface area contributed by atoms with E-state index in [4.69, 9.17) is 4.74 Å². The van der Waals surface area contributed by atoms with Gasteiger partial charge in [-0.1, -0.05) is 15.9 Å². The molecule has 0 bridgehead atoms. The normalized spacial score (nSPS) is 16.7. The standard InChI is InChI=1S/C4H6Br2O.C4H8O/c1-4(2,6)3(5)7;1-2-4-5-3-1/h1-2H3;1-4H2. The summed E-state index contributed by atoms with van der Waals surface area (Å²) in [6.07, 6.45) is 2.56. The average molecular weight is 302 g/mol. The van der Waals surface area contributed by atoms with Crippen molar-refractivity contribution in [1.82, 2.24) is 0 Å². The quantitative estimate of drug-likeness (QED) is 0.550. The second kappa shape index (κ2) is 6.11. The van der Waals surface area contributed by atoms with E-state index in [0.29, 0.717) is 0 Å². The summed E-state index contributed by atoms with van der Waals surface area (Å²) in [6, 6.07) is 0. The fraction of sp³-hybridized carbons (Fsp3) is 0.875. The smallest absolute Gasteiger partial charge is 0.213 e. The van der Waals surface area contributed by atoms with Gasteiger partial charge in [-0.3, -0.25) is 4.79 Å². The number of carbonyl (C=O) groups is 1. The van der Waals surface area contributed by atoms with Gasteiger partial charge in [-0.2, -0.15) is 0 Å². The zero-order valence-electron chi connectivity index (χ0n) is 7.40. The SMILES string of the molecule is C1CCOC1.CC(C)(Br)C(=O)Br. The lowest BCUT2D eigenvalue weighted by molar-refractivity contribution is -0.111. The highest BCUT2D eigenvalue weighted by molar-refractivity contribution is 9.20. The van der Waals surface area contributed by atoms with Gasteiger partial charge in [-0.15, -0.1) is 0 Å². The molecular formula is C8H14Br2O2. The van der Waals surface area contributed by atoms with Crippen LogP contribution in [0.2, 0.25) is 0 Å². The van der Waals surface area contributed by atoms with E-state index in [-0.39, 0.29) is 4.69 Å². The number of rotatable bonds is 1. The first-order valence-electron chi connectivity index (χ1n) is 3.91. The highest BCUT2D eigenvalue weighted by Crippen LogP contribution is 2.19. The van der Waals surface area contributed by atoms with Gasteiger partial charge in [0, 0.05) is 13.2 Å². The Labute approximate surface area is 90.3 Å². The molecule has 0 N–H and O–H groups in total. The Kier molecular flexibility index (Phi) is 6.41. The molecule has 1 aliphatic heterocycles. The minimum absolute atomic E-state index is 0.0278. The van der Waals surface area contributed by atoms with Crippen LogP contribution in [-0.4, -0.2) is 22.2 Å². The molecule has 0 atom stereocenters. The van der Waals surface area contributed by atoms with Crippen LogP contribution in [0.3, 0.4) is 0 Å². The molecule has 0 aromatic heterocycles. The summed E-state index contributed by atoms with van der Waals surface area (Å²) >= 11 is 5.96. The molecule has 1 aliphatic rings. The van der Waals surface area contributed by atoms with Crippen LogP contribution in [0.4, 0.5) is 0 Å². The Balaban J connectivity index is 0.000000211. The first kappa shape index (κ1) is 12.6. The molecule has 0 saturated carbocycles. The van der Waals surface area contributed by atoms with E-state index >= 15 is 0 Å². The molecule has 1 fully saturated rings. The Bertz CT molecular complexity index is 129. The van der Waals surface area contributed by atoms with Crippen LogP contribution < -0.4 is 0 Å². The van der Waals surface area contributed by atoms with Crippen molar-refractivity contribution < 1.29 is 9.53 Å². The predicted octanol–water partition coefficient (Wildman–Crippen LogP) is 2.88. The number of hydrogen-bond acceptors (Lipinski definition) is 2. The van der Waals surface area contributed by atoms with E-state index in [9.17, 15) is 4.79 Å². The molecule has 0 aromatic rings. The van der Waals surface area contributed by atoms with Crippen molar-refractivity contribution >= 4 is 36.6 Å². The van der Waals surface area contributed by atoms with E-state index in [1.807, 2.05) is 0 Å². The molecule has 0 radical (unpaired) electrons.